The summed E-state index contributed by atoms with van der Waals surface area (Å²) in [4.78, 5) is 29.4. The molecule has 2 aromatic heterocycles. The molecule has 7 heteroatoms. The zero-order valence-corrected chi connectivity index (χ0v) is 11.7. The number of hydrogen-bond donors (Lipinski definition) is 1. The zero-order chi connectivity index (χ0) is 14.5. The predicted molar refractivity (Wildman–Crippen MR) is 72.6 cm³/mol. The van der Waals surface area contributed by atoms with Gasteiger partial charge in [-0.25, -0.2) is 4.98 Å². The highest BCUT2D eigenvalue weighted by atomic mass is 32.1. The average molecular weight is 294 g/mol. The first kappa shape index (κ1) is 14.3. The summed E-state index contributed by atoms with van der Waals surface area (Å²) in [6, 6.07) is 1.52. The number of nitrogens with zero attached hydrogens (tertiary/aromatic N) is 2. The number of thiazole rings is 1. The van der Waals surface area contributed by atoms with Gasteiger partial charge in [-0.05, 0) is 12.5 Å². The number of amides is 1. The maximum absolute atomic E-state index is 12.2. The number of hydrogen-bond acceptors (Lipinski definition) is 5. The van der Waals surface area contributed by atoms with Crippen LogP contribution in [0, 0.1) is 0 Å². The highest BCUT2D eigenvalue weighted by molar-refractivity contribution is 7.11. The van der Waals surface area contributed by atoms with Crippen molar-refractivity contribution < 1.29 is 19.1 Å². The molecule has 0 fully saturated rings. The van der Waals surface area contributed by atoms with Crippen molar-refractivity contribution in [3.05, 3.63) is 40.2 Å². The first-order valence-electron chi connectivity index (χ1n) is 6.07. The van der Waals surface area contributed by atoms with Gasteiger partial charge in [-0.15, -0.1) is 11.3 Å². The van der Waals surface area contributed by atoms with Gasteiger partial charge in [0.15, 0.2) is 0 Å². The Balaban J connectivity index is 2.15. The van der Waals surface area contributed by atoms with E-state index in [4.69, 9.17) is 9.52 Å². The van der Waals surface area contributed by atoms with Crippen LogP contribution in [0.4, 0.5) is 0 Å². The second-order valence-electron chi connectivity index (χ2n) is 4.14. The minimum Gasteiger partial charge on any atom is -0.480 e. The van der Waals surface area contributed by atoms with Crippen LogP contribution in [0.15, 0.2) is 29.2 Å². The summed E-state index contributed by atoms with van der Waals surface area (Å²) < 4.78 is 4.86. The van der Waals surface area contributed by atoms with Crippen LogP contribution in [0.5, 0.6) is 0 Å². The van der Waals surface area contributed by atoms with E-state index in [0.29, 0.717) is 5.56 Å². The van der Waals surface area contributed by atoms with Gasteiger partial charge in [-0.3, -0.25) is 9.59 Å². The van der Waals surface area contributed by atoms with Crippen molar-refractivity contribution >= 4 is 23.2 Å². The molecule has 106 valence electrons. The lowest BCUT2D eigenvalue weighted by atomic mass is 10.3. The topological polar surface area (TPSA) is 83.6 Å². The smallest absolute Gasteiger partial charge is 0.323 e. The van der Waals surface area contributed by atoms with Gasteiger partial charge in [0.25, 0.3) is 5.91 Å². The van der Waals surface area contributed by atoms with Gasteiger partial charge in [0.1, 0.15) is 12.8 Å². The lowest BCUT2D eigenvalue weighted by Gasteiger charge is -2.18. The van der Waals surface area contributed by atoms with Gasteiger partial charge in [0.2, 0.25) is 0 Å². The van der Waals surface area contributed by atoms with Gasteiger partial charge in [0, 0.05) is 11.1 Å². The van der Waals surface area contributed by atoms with Crippen LogP contribution in [-0.4, -0.2) is 33.4 Å². The van der Waals surface area contributed by atoms with E-state index in [1.807, 2.05) is 6.92 Å². The summed E-state index contributed by atoms with van der Waals surface area (Å²) in [5.41, 5.74) is 0.339. The van der Waals surface area contributed by atoms with Gasteiger partial charge in [0.05, 0.1) is 23.4 Å². The molecule has 2 heterocycles. The van der Waals surface area contributed by atoms with Crippen molar-refractivity contribution in [2.45, 2.75) is 19.9 Å². The van der Waals surface area contributed by atoms with E-state index in [1.165, 1.54) is 34.8 Å². The lowest BCUT2D eigenvalue weighted by Crippen LogP contribution is -2.34. The van der Waals surface area contributed by atoms with Crippen LogP contribution < -0.4 is 0 Å². The molecule has 20 heavy (non-hydrogen) atoms. The monoisotopic (exact) mass is 294 g/mol. The number of carboxylic acids is 1. The number of carbonyl (C=O) groups is 2. The number of furan rings is 1. The SMILES string of the molecule is CCc1ncc(CN(CC(=O)O)C(=O)c2ccoc2)s1. The molecule has 1 amide bonds. The van der Waals surface area contributed by atoms with Gasteiger partial charge in [-0.1, -0.05) is 6.92 Å². The summed E-state index contributed by atoms with van der Waals surface area (Å²) in [6.07, 6.45) is 5.19. The summed E-state index contributed by atoms with van der Waals surface area (Å²) in [6.45, 7) is 1.87. The molecular weight excluding hydrogens is 280 g/mol. The molecule has 0 aliphatic carbocycles. The van der Waals surface area contributed by atoms with Crippen molar-refractivity contribution in [2.75, 3.05) is 6.54 Å². The van der Waals surface area contributed by atoms with Crippen LogP contribution in [0.25, 0.3) is 0 Å². The van der Waals surface area contributed by atoms with Crippen molar-refractivity contribution in [2.24, 2.45) is 0 Å². The number of aromatic nitrogens is 1. The number of carboxylic acid groups (broad SMARTS) is 1. The van der Waals surface area contributed by atoms with Gasteiger partial charge in [-0.2, -0.15) is 0 Å². The van der Waals surface area contributed by atoms with Crippen LogP contribution in [-0.2, 0) is 17.8 Å². The predicted octanol–water partition coefficient (Wildman–Crippen LogP) is 2.03. The molecule has 0 bridgehead atoms. The third-order valence-electron chi connectivity index (χ3n) is 2.63. The molecule has 0 saturated carbocycles. The highest BCUT2D eigenvalue weighted by Crippen LogP contribution is 2.17. The summed E-state index contributed by atoms with van der Waals surface area (Å²) >= 11 is 1.48. The second kappa shape index (κ2) is 6.33. The molecule has 0 atom stereocenters. The Bertz CT molecular complexity index is 591. The van der Waals surface area contributed by atoms with Crippen molar-refractivity contribution in [3.63, 3.8) is 0 Å². The largest absolute Gasteiger partial charge is 0.480 e. The fourth-order valence-electron chi connectivity index (χ4n) is 1.70. The Hall–Kier alpha value is -2.15. The maximum atomic E-state index is 12.2. The maximum Gasteiger partial charge on any atom is 0.323 e. The highest BCUT2D eigenvalue weighted by Gasteiger charge is 2.20. The molecule has 2 aromatic rings. The van der Waals surface area contributed by atoms with E-state index in [-0.39, 0.29) is 19.0 Å². The Morgan fingerprint density at radius 2 is 2.30 bits per heavy atom. The van der Waals surface area contributed by atoms with Crippen LogP contribution in [0.2, 0.25) is 0 Å². The number of carbonyl (C=O) groups excluding carboxylic acids is 1. The molecule has 0 aliphatic rings. The first-order chi connectivity index (χ1) is 9.60. The van der Waals surface area contributed by atoms with E-state index in [1.54, 1.807) is 6.20 Å². The Morgan fingerprint density at radius 3 is 2.85 bits per heavy atom. The van der Waals surface area contributed by atoms with E-state index >= 15 is 0 Å². The molecule has 0 saturated heterocycles. The first-order valence-corrected chi connectivity index (χ1v) is 6.88. The quantitative estimate of drug-likeness (QED) is 0.881. The van der Waals surface area contributed by atoms with Crippen LogP contribution >= 0.6 is 11.3 Å². The fourth-order valence-corrected chi connectivity index (χ4v) is 2.58. The summed E-state index contributed by atoms with van der Waals surface area (Å²) in [5.74, 6) is -1.42. The molecule has 2 rings (SSSR count). The molecule has 1 N–H and O–H groups in total. The Labute approximate surface area is 119 Å². The number of aliphatic carboxylic acids is 1. The average Bonchev–Trinajstić information content (AvgIpc) is 3.07. The van der Waals surface area contributed by atoms with E-state index in [2.05, 4.69) is 4.98 Å². The molecule has 0 aliphatic heterocycles. The van der Waals surface area contributed by atoms with Crippen LogP contribution in [0.1, 0.15) is 27.2 Å². The minimum absolute atomic E-state index is 0.230. The summed E-state index contributed by atoms with van der Waals surface area (Å²) in [7, 11) is 0. The van der Waals surface area contributed by atoms with Crippen molar-refractivity contribution in [1.82, 2.24) is 9.88 Å². The van der Waals surface area contributed by atoms with E-state index in [9.17, 15) is 9.59 Å². The van der Waals surface area contributed by atoms with E-state index in [0.717, 1.165) is 16.3 Å². The zero-order valence-electron chi connectivity index (χ0n) is 10.9. The molecular formula is C13H14N2O4S. The molecule has 0 radical (unpaired) electrons. The molecule has 0 unspecified atom stereocenters. The number of aryl methyl sites for hydroxylation is 1. The Morgan fingerprint density at radius 1 is 1.50 bits per heavy atom. The normalized spacial score (nSPS) is 10.4. The third-order valence-corrected chi connectivity index (χ3v) is 3.76. The van der Waals surface area contributed by atoms with Crippen LogP contribution in [0.3, 0.4) is 0 Å². The third kappa shape index (κ3) is 3.45. The van der Waals surface area contributed by atoms with Gasteiger partial charge < -0.3 is 14.4 Å². The van der Waals surface area contributed by atoms with E-state index < -0.39 is 5.97 Å². The molecule has 6 nitrogen and oxygen atoms in total. The summed E-state index contributed by atoms with van der Waals surface area (Å²) in [5, 5.41) is 9.89. The Kier molecular flexibility index (Phi) is 4.52. The number of rotatable bonds is 6. The molecule has 0 spiro atoms. The van der Waals surface area contributed by atoms with Crippen molar-refractivity contribution in [3.8, 4) is 0 Å². The second-order valence-corrected chi connectivity index (χ2v) is 5.34. The molecule has 0 aromatic carbocycles. The standard InChI is InChI=1S/C13H14N2O4S/c1-2-11-14-5-10(20-11)6-15(7-12(16)17)13(18)9-3-4-19-8-9/h3-5,8H,2,6-7H2,1H3,(H,16,17). The lowest BCUT2D eigenvalue weighted by molar-refractivity contribution is -0.137. The fraction of sp³-hybridized carbons (Fsp3) is 0.308. The minimum atomic E-state index is -1.05. The van der Waals surface area contributed by atoms with Gasteiger partial charge >= 0.3 is 5.97 Å². The van der Waals surface area contributed by atoms with Crippen molar-refractivity contribution in [1.29, 1.82) is 0 Å².